The third-order valence-electron chi connectivity index (χ3n) is 3.42. The number of hydrogen-bond acceptors (Lipinski definition) is 3. The van der Waals surface area contributed by atoms with E-state index >= 15 is 0 Å². The van der Waals surface area contributed by atoms with Gasteiger partial charge in [0.2, 0.25) is 5.91 Å². The van der Waals surface area contributed by atoms with Gasteiger partial charge in [-0.25, -0.2) is 4.68 Å². The maximum atomic E-state index is 12.1. The van der Waals surface area contributed by atoms with E-state index in [0.717, 1.165) is 0 Å². The SMILES string of the molecule is O=C(O)[C@H]1C[C@H]1C(=O)Nc1cccc(Cl)c1-n1cccn1. The molecule has 21 heavy (non-hydrogen) atoms. The van der Waals surface area contributed by atoms with E-state index in [4.69, 9.17) is 16.7 Å². The van der Waals surface area contributed by atoms with Gasteiger partial charge in [0.05, 0.1) is 22.5 Å². The molecule has 0 aliphatic heterocycles. The predicted molar refractivity (Wildman–Crippen MR) is 76.4 cm³/mol. The standard InChI is InChI=1S/C14H12ClN3O3/c15-10-3-1-4-11(12(10)18-6-2-5-16-18)17-13(19)8-7-9(8)14(20)21/h1-6,8-9H,7H2,(H,17,19)(H,20,21)/t8-,9+/m1/s1. The molecular weight excluding hydrogens is 294 g/mol. The summed E-state index contributed by atoms with van der Waals surface area (Å²) < 4.78 is 1.56. The minimum Gasteiger partial charge on any atom is -0.481 e. The molecule has 2 atom stereocenters. The van der Waals surface area contributed by atoms with E-state index in [1.54, 1.807) is 41.3 Å². The van der Waals surface area contributed by atoms with Crippen molar-refractivity contribution in [2.45, 2.75) is 6.42 Å². The highest BCUT2D eigenvalue weighted by Gasteiger charge is 2.48. The fourth-order valence-corrected chi connectivity index (χ4v) is 2.49. The van der Waals surface area contributed by atoms with Crippen molar-refractivity contribution in [2.75, 3.05) is 5.32 Å². The van der Waals surface area contributed by atoms with Gasteiger partial charge in [-0.2, -0.15) is 5.10 Å². The molecule has 108 valence electrons. The van der Waals surface area contributed by atoms with Crippen LogP contribution < -0.4 is 5.32 Å². The number of rotatable bonds is 4. The van der Waals surface area contributed by atoms with E-state index in [1.807, 2.05) is 0 Å². The summed E-state index contributed by atoms with van der Waals surface area (Å²) in [4.78, 5) is 22.9. The van der Waals surface area contributed by atoms with Crippen LogP contribution in [0.25, 0.3) is 5.69 Å². The number of amides is 1. The molecule has 0 saturated heterocycles. The fraction of sp³-hybridized carbons (Fsp3) is 0.214. The Labute approximate surface area is 125 Å². The number of carbonyl (C=O) groups excluding carboxylic acids is 1. The van der Waals surface area contributed by atoms with Gasteiger partial charge in [-0.1, -0.05) is 17.7 Å². The molecule has 1 saturated carbocycles. The highest BCUT2D eigenvalue weighted by Crippen LogP contribution is 2.40. The zero-order chi connectivity index (χ0) is 15.0. The normalized spacial score (nSPS) is 20.0. The van der Waals surface area contributed by atoms with E-state index in [9.17, 15) is 9.59 Å². The van der Waals surface area contributed by atoms with Crippen LogP contribution in [-0.2, 0) is 9.59 Å². The molecule has 0 unspecified atom stereocenters. The average Bonchev–Trinajstić information content (AvgIpc) is 3.08. The molecule has 1 aliphatic rings. The number of carboxylic acids is 1. The summed E-state index contributed by atoms with van der Waals surface area (Å²) >= 11 is 6.17. The van der Waals surface area contributed by atoms with E-state index in [0.29, 0.717) is 22.8 Å². The Morgan fingerprint density at radius 2 is 2.14 bits per heavy atom. The van der Waals surface area contributed by atoms with E-state index in [-0.39, 0.29) is 5.91 Å². The highest BCUT2D eigenvalue weighted by atomic mass is 35.5. The number of para-hydroxylation sites is 1. The van der Waals surface area contributed by atoms with Crippen LogP contribution in [0.15, 0.2) is 36.7 Å². The largest absolute Gasteiger partial charge is 0.481 e. The smallest absolute Gasteiger partial charge is 0.307 e. The van der Waals surface area contributed by atoms with Crippen LogP contribution in [0.1, 0.15) is 6.42 Å². The predicted octanol–water partition coefficient (Wildman–Crippen LogP) is 2.18. The second-order valence-electron chi connectivity index (χ2n) is 4.86. The van der Waals surface area contributed by atoms with Crippen LogP contribution in [0.2, 0.25) is 5.02 Å². The van der Waals surface area contributed by atoms with Crippen LogP contribution in [0, 0.1) is 11.8 Å². The molecule has 1 aromatic carbocycles. The number of carbonyl (C=O) groups is 2. The van der Waals surface area contributed by atoms with Gasteiger partial charge in [-0.15, -0.1) is 0 Å². The molecule has 6 nitrogen and oxygen atoms in total. The lowest BCUT2D eigenvalue weighted by Crippen LogP contribution is -2.18. The molecule has 2 N–H and O–H groups in total. The molecule has 1 aliphatic carbocycles. The first-order chi connectivity index (χ1) is 10.1. The molecular formula is C14H12ClN3O3. The molecule has 1 fully saturated rings. The molecule has 0 spiro atoms. The van der Waals surface area contributed by atoms with Crippen LogP contribution >= 0.6 is 11.6 Å². The monoisotopic (exact) mass is 305 g/mol. The van der Waals surface area contributed by atoms with Crippen LogP contribution in [0.5, 0.6) is 0 Å². The zero-order valence-electron chi connectivity index (χ0n) is 10.9. The number of anilines is 1. The first-order valence-corrected chi connectivity index (χ1v) is 6.78. The van der Waals surface area contributed by atoms with Gasteiger partial charge in [0.1, 0.15) is 5.69 Å². The number of aliphatic carboxylic acids is 1. The van der Waals surface area contributed by atoms with E-state index in [1.165, 1.54) is 0 Å². The summed E-state index contributed by atoms with van der Waals surface area (Å²) in [7, 11) is 0. The summed E-state index contributed by atoms with van der Waals surface area (Å²) in [6.45, 7) is 0. The van der Waals surface area contributed by atoms with Gasteiger partial charge in [0, 0.05) is 12.4 Å². The number of carboxylic acid groups (broad SMARTS) is 1. The molecule has 1 heterocycles. The first kappa shape index (κ1) is 13.6. The summed E-state index contributed by atoms with van der Waals surface area (Å²) in [6.07, 6.45) is 3.70. The molecule has 7 heteroatoms. The van der Waals surface area contributed by atoms with Crippen molar-refractivity contribution in [3.05, 3.63) is 41.7 Å². The summed E-state index contributed by atoms with van der Waals surface area (Å²) in [5.41, 5.74) is 1.07. The Morgan fingerprint density at radius 3 is 2.76 bits per heavy atom. The first-order valence-electron chi connectivity index (χ1n) is 6.40. The third kappa shape index (κ3) is 2.62. The van der Waals surface area contributed by atoms with Gasteiger partial charge in [-0.05, 0) is 24.6 Å². The van der Waals surface area contributed by atoms with E-state index < -0.39 is 17.8 Å². The molecule has 0 radical (unpaired) electrons. The van der Waals surface area contributed by atoms with Crippen molar-refractivity contribution in [1.29, 1.82) is 0 Å². The lowest BCUT2D eigenvalue weighted by atomic mass is 10.2. The number of hydrogen-bond donors (Lipinski definition) is 2. The Hall–Kier alpha value is -2.34. The van der Waals surface area contributed by atoms with Gasteiger partial charge < -0.3 is 10.4 Å². The Bertz CT molecular complexity index is 699. The second-order valence-corrected chi connectivity index (χ2v) is 5.27. The fourth-order valence-electron chi connectivity index (χ4n) is 2.23. The van der Waals surface area contributed by atoms with Gasteiger partial charge in [0.25, 0.3) is 0 Å². The van der Waals surface area contributed by atoms with Gasteiger partial charge >= 0.3 is 5.97 Å². The minimum absolute atomic E-state index is 0.307. The van der Waals surface area contributed by atoms with Gasteiger partial charge in [-0.3, -0.25) is 9.59 Å². The van der Waals surface area contributed by atoms with Crippen molar-refractivity contribution in [1.82, 2.24) is 9.78 Å². The lowest BCUT2D eigenvalue weighted by Gasteiger charge is -2.12. The minimum atomic E-state index is -0.937. The lowest BCUT2D eigenvalue weighted by molar-refractivity contribution is -0.139. The van der Waals surface area contributed by atoms with Gasteiger partial charge in [0.15, 0.2) is 0 Å². The van der Waals surface area contributed by atoms with E-state index in [2.05, 4.69) is 10.4 Å². The topological polar surface area (TPSA) is 84.2 Å². The molecule has 2 aromatic rings. The van der Waals surface area contributed by atoms with Crippen molar-refractivity contribution < 1.29 is 14.7 Å². The average molecular weight is 306 g/mol. The molecule has 1 amide bonds. The second kappa shape index (κ2) is 5.21. The molecule has 1 aromatic heterocycles. The number of benzene rings is 1. The van der Waals surface area contributed by atoms with Crippen LogP contribution in [-0.4, -0.2) is 26.8 Å². The third-order valence-corrected chi connectivity index (χ3v) is 3.73. The maximum Gasteiger partial charge on any atom is 0.307 e. The number of halogens is 1. The number of aromatic nitrogens is 2. The zero-order valence-corrected chi connectivity index (χ0v) is 11.6. The molecule has 0 bridgehead atoms. The van der Waals surface area contributed by atoms with Crippen LogP contribution in [0.3, 0.4) is 0 Å². The Balaban J connectivity index is 1.85. The van der Waals surface area contributed by atoms with Crippen molar-refractivity contribution >= 4 is 29.2 Å². The quantitative estimate of drug-likeness (QED) is 0.907. The summed E-state index contributed by atoms with van der Waals surface area (Å²) in [6, 6.07) is 6.87. The molecule has 3 rings (SSSR count). The van der Waals surface area contributed by atoms with Crippen molar-refractivity contribution in [3.63, 3.8) is 0 Å². The highest BCUT2D eigenvalue weighted by molar-refractivity contribution is 6.33. The number of nitrogens with zero attached hydrogens (tertiary/aromatic N) is 2. The number of nitrogens with one attached hydrogen (secondary N) is 1. The maximum absolute atomic E-state index is 12.1. The van der Waals surface area contributed by atoms with Crippen molar-refractivity contribution in [3.8, 4) is 5.69 Å². The van der Waals surface area contributed by atoms with Crippen LogP contribution in [0.4, 0.5) is 5.69 Å². The summed E-state index contributed by atoms with van der Waals surface area (Å²) in [5.74, 6) is -2.31. The Kier molecular flexibility index (Phi) is 3.39. The Morgan fingerprint density at radius 1 is 1.33 bits per heavy atom. The van der Waals surface area contributed by atoms with Crippen molar-refractivity contribution in [2.24, 2.45) is 11.8 Å². The summed E-state index contributed by atoms with van der Waals surface area (Å²) in [5, 5.41) is 16.2.